The summed E-state index contributed by atoms with van der Waals surface area (Å²) in [7, 11) is -3.85. The maximum Gasteiger partial charge on any atom is 0.264 e. The van der Waals surface area contributed by atoms with Crippen molar-refractivity contribution in [2.75, 3.05) is 24.0 Å². The normalized spacial score (nSPS) is 15.2. The number of hydrogen-bond donors (Lipinski definition) is 1. The lowest BCUT2D eigenvalue weighted by atomic mass is 10.1. The number of ether oxygens (including phenoxy) is 2. The summed E-state index contributed by atoms with van der Waals surface area (Å²) in [5, 5.41) is 2.89. The van der Waals surface area contributed by atoms with Crippen molar-refractivity contribution in [3.63, 3.8) is 0 Å². The lowest BCUT2D eigenvalue weighted by Crippen LogP contribution is -2.50. The molecule has 0 saturated carbocycles. The number of anilines is 1. The topological polar surface area (TPSA) is 84.9 Å². The van der Waals surface area contributed by atoms with Crippen LogP contribution >= 0.6 is 0 Å². The first kappa shape index (κ1) is 23.6. The van der Waals surface area contributed by atoms with Crippen molar-refractivity contribution in [3.05, 3.63) is 84.4 Å². The third-order valence-electron chi connectivity index (χ3n) is 5.55. The van der Waals surface area contributed by atoms with Crippen molar-refractivity contribution < 1.29 is 22.7 Å². The fraction of sp³-hybridized carbons (Fsp3) is 0.269. The van der Waals surface area contributed by atoms with Crippen LogP contribution in [0.3, 0.4) is 0 Å². The third-order valence-corrected chi connectivity index (χ3v) is 7.35. The van der Waals surface area contributed by atoms with E-state index in [2.05, 4.69) is 5.32 Å². The highest BCUT2D eigenvalue weighted by Crippen LogP contribution is 2.36. The van der Waals surface area contributed by atoms with E-state index in [1.807, 2.05) is 31.2 Å². The van der Waals surface area contributed by atoms with Crippen LogP contribution in [0.1, 0.15) is 18.9 Å². The van der Waals surface area contributed by atoms with E-state index in [-0.39, 0.29) is 17.3 Å². The summed E-state index contributed by atoms with van der Waals surface area (Å²) < 4.78 is 39.5. The number of para-hydroxylation sites is 3. The van der Waals surface area contributed by atoms with Gasteiger partial charge >= 0.3 is 0 Å². The lowest BCUT2D eigenvalue weighted by molar-refractivity contribution is -0.127. The molecule has 3 aromatic carbocycles. The molecule has 0 bridgehead atoms. The van der Waals surface area contributed by atoms with E-state index in [0.717, 1.165) is 17.7 Å². The van der Waals surface area contributed by atoms with Crippen LogP contribution in [-0.4, -0.2) is 40.1 Å². The molecular weight excluding hydrogens is 452 g/mol. The standard InChI is InChI=1S/C26H28N2O5S/c1-2-32-23-16-8-6-11-20(23)12-10-18-27-26(29)25-19-28(22-15-7-9-17-24(22)33-25)34(30,31)21-13-4-3-5-14-21/h3-9,11,13-17,25H,2,10,12,18-19H2,1H3,(H,27,29)/t25-/m1/s1. The number of benzene rings is 3. The van der Waals surface area contributed by atoms with Gasteiger partial charge in [0.2, 0.25) is 0 Å². The van der Waals surface area contributed by atoms with Gasteiger partial charge in [-0.2, -0.15) is 0 Å². The van der Waals surface area contributed by atoms with Gasteiger partial charge in [-0.25, -0.2) is 8.42 Å². The monoisotopic (exact) mass is 480 g/mol. The summed E-state index contributed by atoms with van der Waals surface area (Å²) in [6.45, 7) is 2.87. The van der Waals surface area contributed by atoms with Gasteiger partial charge in [0.25, 0.3) is 15.9 Å². The zero-order valence-corrected chi connectivity index (χ0v) is 19.8. The van der Waals surface area contributed by atoms with Gasteiger partial charge in [-0.05, 0) is 55.7 Å². The molecule has 1 atom stereocenters. The maximum atomic E-state index is 13.3. The Kier molecular flexibility index (Phi) is 7.37. The molecule has 178 valence electrons. The number of carbonyl (C=O) groups is 1. The molecule has 0 aromatic heterocycles. The third kappa shape index (κ3) is 5.17. The minimum absolute atomic E-state index is 0.104. The first-order chi connectivity index (χ1) is 16.5. The minimum Gasteiger partial charge on any atom is -0.494 e. The Labute approximate surface area is 200 Å². The van der Waals surface area contributed by atoms with Crippen LogP contribution in [0.5, 0.6) is 11.5 Å². The summed E-state index contributed by atoms with van der Waals surface area (Å²) in [6, 6.07) is 22.9. The fourth-order valence-electron chi connectivity index (χ4n) is 3.90. The zero-order chi connectivity index (χ0) is 24.0. The number of fused-ring (bicyclic) bond motifs is 1. The molecule has 1 N–H and O–H groups in total. The van der Waals surface area contributed by atoms with E-state index in [1.54, 1.807) is 54.6 Å². The van der Waals surface area contributed by atoms with Crippen molar-refractivity contribution in [2.45, 2.75) is 30.8 Å². The van der Waals surface area contributed by atoms with Gasteiger partial charge in [0.15, 0.2) is 6.10 Å². The molecular formula is C26H28N2O5S. The average molecular weight is 481 g/mol. The molecule has 0 aliphatic carbocycles. The molecule has 1 amide bonds. The number of sulfonamides is 1. The molecule has 0 fully saturated rings. The second kappa shape index (κ2) is 10.6. The number of aryl methyl sites for hydroxylation is 1. The number of hydrogen-bond acceptors (Lipinski definition) is 5. The summed E-state index contributed by atoms with van der Waals surface area (Å²) in [6.07, 6.45) is 0.508. The number of carbonyl (C=O) groups excluding carboxylic acids is 1. The van der Waals surface area contributed by atoms with Crippen LogP contribution in [0.4, 0.5) is 5.69 Å². The smallest absolute Gasteiger partial charge is 0.264 e. The van der Waals surface area contributed by atoms with Crippen LogP contribution in [0.2, 0.25) is 0 Å². The first-order valence-corrected chi connectivity index (χ1v) is 12.8. The predicted molar refractivity (Wildman–Crippen MR) is 131 cm³/mol. The Bertz CT molecular complexity index is 1230. The molecule has 7 nitrogen and oxygen atoms in total. The Hall–Kier alpha value is -3.52. The second-order valence-corrected chi connectivity index (χ2v) is 9.72. The van der Waals surface area contributed by atoms with E-state index in [0.29, 0.717) is 31.0 Å². The van der Waals surface area contributed by atoms with Crippen molar-refractivity contribution in [1.82, 2.24) is 5.32 Å². The SMILES string of the molecule is CCOc1ccccc1CCCNC(=O)[C@H]1CN(S(=O)(=O)c2ccccc2)c2ccccc2O1. The van der Waals surface area contributed by atoms with E-state index in [1.165, 1.54) is 4.31 Å². The Morgan fingerprint density at radius 3 is 2.53 bits per heavy atom. The molecule has 3 aromatic rings. The quantitative estimate of drug-likeness (QED) is 0.471. The molecule has 1 aliphatic rings. The summed E-state index contributed by atoms with van der Waals surface area (Å²) in [4.78, 5) is 13.1. The molecule has 0 saturated heterocycles. The van der Waals surface area contributed by atoms with Gasteiger partial charge < -0.3 is 14.8 Å². The molecule has 0 unspecified atom stereocenters. The number of amides is 1. The molecule has 4 rings (SSSR count). The van der Waals surface area contributed by atoms with Crippen LogP contribution in [-0.2, 0) is 21.2 Å². The Morgan fingerprint density at radius 1 is 1.03 bits per heavy atom. The summed E-state index contributed by atoms with van der Waals surface area (Å²) in [5.74, 6) is 0.866. The highest BCUT2D eigenvalue weighted by Gasteiger charge is 2.37. The number of nitrogens with one attached hydrogen (secondary N) is 1. The van der Waals surface area contributed by atoms with Crippen molar-refractivity contribution >= 4 is 21.6 Å². The van der Waals surface area contributed by atoms with Gasteiger partial charge in [-0.15, -0.1) is 0 Å². The van der Waals surface area contributed by atoms with Crippen molar-refractivity contribution in [1.29, 1.82) is 0 Å². The maximum absolute atomic E-state index is 13.3. The lowest BCUT2D eigenvalue weighted by Gasteiger charge is -2.34. The molecule has 34 heavy (non-hydrogen) atoms. The van der Waals surface area contributed by atoms with E-state index < -0.39 is 16.1 Å². The number of rotatable bonds is 9. The molecule has 1 heterocycles. The highest BCUT2D eigenvalue weighted by atomic mass is 32.2. The molecule has 0 spiro atoms. The Morgan fingerprint density at radius 2 is 1.74 bits per heavy atom. The summed E-state index contributed by atoms with van der Waals surface area (Å²) >= 11 is 0. The highest BCUT2D eigenvalue weighted by molar-refractivity contribution is 7.92. The average Bonchev–Trinajstić information content (AvgIpc) is 2.87. The fourth-order valence-corrected chi connectivity index (χ4v) is 5.39. The molecule has 8 heteroatoms. The van der Waals surface area contributed by atoms with Crippen LogP contribution < -0.4 is 19.1 Å². The van der Waals surface area contributed by atoms with Gasteiger partial charge in [0.1, 0.15) is 11.5 Å². The van der Waals surface area contributed by atoms with E-state index in [4.69, 9.17) is 9.47 Å². The molecule has 0 radical (unpaired) electrons. The van der Waals surface area contributed by atoms with Gasteiger partial charge in [0.05, 0.1) is 23.7 Å². The summed E-state index contributed by atoms with van der Waals surface area (Å²) in [5.41, 5.74) is 1.50. The van der Waals surface area contributed by atoms with E-state index in [9.17, 15) is 13.2 Å². The zero-order valence-electron chi connectivity index (χ0n) is 19.0. The van der Waals surface area contributed by atoms with Crippen LogP contribution in [0.15, 0.2) is 83.8 Å². The second-order valence-electron chi connectivity index (χ2n) is 7.86. The molecule has 1 aliphatic heterocycles. The van der Waals surface area contributed by atoms with E-state index >= 15 is 0 Å². The largest absolute Gasteiger partial charge is 0.494 e. The van der Waals surface area contributed by atoms with Gasteiger partial charge in [-0.1, -0.05) is 48.5 Å². The number of nitrogens with zero attached hydrogens (tertiary/aromatic N) is 1. The minimum atomic E-state index is -3.85. The van der Waals surface area contributed by atoms with Crippen LogP contribution in [0, 0.1) is 0 Å². The Balaban J connectivity index is 1.43. The van der Waals surface area contributed by atoms with Crippen molar-refractivity contribution in [3.8, 4) is 11.5 Å². The van der Waals surface area contributed by atoms with Crippen molar-refractivity contribution in [2.24, 2.45) is 0 Å². The van der Waals surface area contributed by atoms with Crippen LogP contribution in [0.25, 0.3) is 0 Å². The van der Waals surface area contributed by atoms with Gasteiger partial charge in [-0.3, -0.25) is 9.10 Å². The first-order valence-electron chi connectivity index (χ1n) is 11.3. The van der Waals surface area contributed by atoms with Gasteiger partial charge in [0, 0.05) is 6.54 Å². The predicted octanol–water partition coefficient (Wildman–Crippen LogP) is 3.79.